The van der Waals surface area contributed by atoms with E-state index in [1.807, 2.05) is 67.8 Å². The molecular formula is C24H21ClN2OS2. The number of anilines is 1. The molecule has 3 aromatic carbocycles. The maximum Gasteiger partial charge on any atom is 0.233 e. The number of carbonyl (C=O) groups is 1. The van der Waals surface area contributed by atoms with Crippen LogP contribution in [0.3, 0.4) is 0 Å². The Morgan fingerprint density at radius 1 is 1.07 bits per heavy atom. The molecule has 0 radical (unpaired) electrons. The lowest BCUT2D eigenvalue weighted by Gasteiger charge is -2.20. The third-order valence-electron chi connectivity index (χ3n) is 4.87. The van der Waals surface area contributed by atoms with Gasteiger partial charge in [-0.25, -0.2) is 4.98 Å². The fourth-order valence-corrected chi connectivity index (χ4v) is 5.15. The molecule has 152 valence electrons. The number of rotatable bonds is 6. The maximum atomic E-state index is 13.4. The van der Waals surface area contributed by atoms with Crippen molar-refractivity contribution in [2.75, 3.05) is 11.2 Å². The first-order valence-electron chi connectivity index (χ1n) is 9.57. The van der Waals surface area contributed by atoms with Crippen LogP contribution in [-0.2, 0) is 17.8 Å². The zero-order valence-corrected chi connectivity index (χ0v) is 19.2. The number of hydrogen-bond acceptors (Lipinski definition) is 4. The number of thiazole rings is 1. The summed E-state index contributed by atoms with van der Waals surface area (Å²) in [7, 11) is 0. The standard InChI is InChI=1S/C24H21ClN2OS2/c1-16-12-19(25)14-21-23(16)26-24(30-21)27(15-18-6-4-3-5-7-18)22(28)13-17-8-10-20(29-2)11-9-17/h3-12,14H,13,15H2,1-2H3. The molecule has 0 aliphatic rings. The Balaban J connectivity index is 1.68. The molecule has 0 unspecified atom stereocenters. The molecule has 0 aliphatic heterocycles. The highest BCUT2D eigenvalue weighted by Crippen LogP contribution is 2.34. The highest BCUT2D eigenvalue weighted by Gasteiger charge is 2.21. The summed E-state index contributed by atoms with van der Waals surface area (Å²) in [5.74, 6) is 0.0264. The van der Waals surface area contributed by atoms with E-state index in [2.05, 4.69) is 12.1 Å². The van der Waals surface area contributed by atoms with E-state index in [9.17, 15) is 4.79 Å². The number of benzene rings is 3. The van der Waals surface area contributed by atoms with Gasteiger partial charge in [-0.3, -0.25) is 9.69 Å². The summed E-state index contributed by atoms with van der Waals surface area (Å²) in [5, 5.41) is 1.38. The van der Waals surface area contributed by atoms with Crippen molar-refractivity contribution in [3.05, 3.63) is 88.4 Å². The summed E-state index contributed by atoms with van der Waals surface area (Å²) in [5.41, 5.74) is 3.98. The molecule has 1 aromatic heterocycles. The van der Waals surface area contributed by atoms with Crippen LogP contribution in [0.25, 0.3) is 10.2 Å². The highest BCUT2D eigenvalue weighted by molar-refractivity contribution is 7.98. The van der Waals surface area contributed by atoms with Gasteiger partial charge >= 0.3 is 0 Å². The summed E-state index contributed by atoms with van der Waals surface area (Å²) < 4.78 is 0.991. The first-order chi connectivity index (χ1) is 14.5. The van der Waals surface area contributed by atoms with Crippen molar-refractivity contribution in [2.24, 2.45) is 0 Å². The van der Waals surface area contributed by atoms with Crippen LogP contribution in [0.1, 0.15) is 16.7 Å². The molecular weight excluding hydrogens is 432 g/mol. The van der Waals surface area contributed by atoms with Gasteiger partial charge in [-0.2, -0.15) is 0 Å². The minimum Gasteiger partial charge on any atom is -0.283 e. The Bertz CT molecular complexity index is 1170. The van der Waals surface area contributed by atoms with E-state index in [0.29, 0.717) is 23.1 Å². The molecule has 0 saturated heterocycles. The van der Waals surface area contributed by atoms with Gasteiger partial charge in [-0.15, -0.1) is 11.8 Å². The van der Waals surface area contributed by atoms with E-state index in [0.717, 1.165) is 26.9 Å². The molecule has 4 rings (SSSR count). The number of amides is 1. The van der Waals surface area contributed by atoms with Gasteiger partial charge in [0.15, 0.2) is 5.13 Å². The van der Waals surface area contributed by atoms with Gasteiger partial charge in [0, 0.05) is 9.92 Å². The van der Waals surface area contributed by atoms with E-state index in [-0.39, 0.29) is 5.91 Å². The van der Waals surface area contributed by atoms with Gasteiger partial charge in [0.1, 0.15) is 0 Å². The number of carbonyl (C=O) groups excluding carboxylic acids is 1. The highest BCUT2D eigenvalue weighted by atomic mass is 35.5. The first-order valence-corrected chi connectivity index (χ1v) is 12.0. The molecule has 0 fully saturated rings. The predicted molar refractivity (Wildman–Crippen MR) is 129 cm³/mol. The largest absolute Gasteiger partial charge is 0.283 e. The van der Waals surface area contributed by atoms with Crippen LogP contribution in [0, 0.1) is 6.92 Å². The summed E-state index contributed by atoms with van der Waals surface area (Å²) in [6.45, 7) is 2.48. The molecule has 0 bridgehead atoms. The number of thioether (sulfide) groups is 1. The molecule has 30 heavy (non-hydrogen) atoms. The second-order valence-electron chi connectivity index (χ2n) is 7.06. The van der Waals surface area contributed by atoms with Gasteiger partial charge in [-0.1, -0.05) is 65.4 Å². The number of halogens is 1. The average molecular weight is 453 g/mol. The Hall–Kier alpha value is -2.34. The normalized spacial score (nSPS) is 11.0. The number of nitrogens with zero attached hydrogens (tertiary/aromatic N) is 2. The molecule has 0 saturated carbocycles. The third-order valence-corrected chi connectivity index (χ3v) is 6.86. The Kier molecular flexibility index (Phi) is 6.42. The number of aryl methyl sites for hydroxylation is 1. The molecule has 0 atom stereocenters. The van der Waals surface area contributed by atoms with Crippen LogP contribution in [0.5, 0.6) is 0 Å². The smallest absolute Gasteiger partial charge is 0.233 e. The molecule has 3 nitrogen and oxygen atoms in total. The molecule has 0 N–H and O–H groups in total. The van der Waals surface area contributed by atoms with Crippen molar-refractivity contribution in [1.29, 1.82) is 0 Å². The Labute approximate surface area is 189 Å². The van der Waals surface area contributed by atoms with Crippen LogP contribution in [0.2, 0.25) is 5.02 Å². The Morgan fingerprint density at radius 3 is 2.50 bits per heavy atom. The number of hydrogen-bond donors (Lipinski definition) is 0. The lowest BCUT2D eigenvalue weighted by atomic mass is 10.1. The SMILES string of the molecule is CSc1ccc(CC(=O)N(Cc2ccccc2)c2nc3c(C)cc(Cl)cc3s2)cc1. The summed E-state index contributed by atoms with van der Waals surface area (Å²) >= 11 is 9.43. The van der Waals surface area contributed by atoms with Gasteiger partial charge in [-0.05, 0) is 54.1 Å². The van der Waals surface area contributed by atoms with Crippen molar-refractivity contribution < 1.29 is 4.79 Å². The lowest BCUT2D eigenvalue weighted by molar-refractivity contribution is -0.118. The van der Waals surface area contributed by atoms with E-state index in [4.69, 9.17) is 16.6 Å². The van der Waals surface area contributed by atoms with Crippen molar-refractivity contribution in [3.63, 3.8) is 0 Å². The second-order valence-corrected chi connectivity index (χ2v) is 9.38. The van der Waals surface area contributed by atoms with Crippen LogP contribution in [0.15, 0.2) is 71.6 Å². The van der Waals surface area contributed by atoms with E-state index >= 15 is 0 Å². The predicted octanol–water partition coefficient (Wildman–Crippen LogP) is 6.76. The van der Waals surface area contributed by atoms with Gasteiger partial charge in [0.2, 0.25) is 5.91 Å². The van der Waals surface area contributed by atoms with Crippen LogP contribution >= 0.6 is 34.7 Å². The van der Waals surface area contributed by atoms with Gasteiger partial charge < -0.3 is 0 Å². The molecule has 4 aromatic rings. The van der Waals surface area contributed by atoms with E-state index < -0.39 is 0 Å². The quantitative estimate of drug-likeness (QED) is 0.303. The maximum absolute atomic E-state index is 13.4. The summed E-state index contributed by atoms with van der Waals surface area (Å²) in [6, 6.07) is 22.0. The number of fused-ring (bicyclic) bond motifs is 1. The summed E-state index contributed by atoms with van der Waals surface area (Å²) in [4.78, 5) is 21.1. The fraction of sp³-hybridized carbons (Fsp3) is 0.167. The average Bonchev–Trinajstić information content (AvgIpc) is 3.17. The van der Waals surface area contributed by atoms with Crippen LogP contribution in [0.4, 0.5) is 5.13 Å². The van der Waals surface area contributed by atoms with Crippen molar-refractivity contribution in [2.45, 2.75) is 24.8 Å². The zero-order chi connectivity index (χ0) is 21.1. The van der Waals surface area contributed by atoms with Gasteiger partial charge in [0.25, 0.3) is 0 Å². The molecule has 0 spiro atoms. The van der Waals surface area contributed by atoms with Crippen LogP contribution < -0.4 is 4.90 Å². The molecule has 1 amide bonds. The lowest BCUT2D eigenvalue weighted by Crippen LogP contribution is -2.31. The van der Waals surface area contributed by atoms with E-state index in [1.165, 1.54) is 16.2 Å². The molecule has 0 aliphatic carbocycles. The minimum absolute atomic E-state index is 0.0264. The van der Waals surface area contributed by atoms with Crippen molar-refractivity contribution in [3.8, 4) is 0 Å². The second kappa shape index (κ2) is 9.21. The first kappa shape index (κ1) is 20.9. The molecule has 6 heteroatoms. The van der Waals surface area contributed by atoms with E-state index in [1.54, 1.807) is 16.7 Å². The summed E-state index contributed by atoms with van der Waals surface area (Å²) in [6.07, 6.45) is 2.38. The van der Waals surface area contributed by atoms with Gasteiger partial charge in [0.05, 0.1) is 23.2 Å². The number of aromatic nitrogens is 1. The fourth-order valence-electron chi connectivity index (χ4n) is 3.30. The molecule has 1 heterocycles. The Morgan fingerprint density at radius 2 is 1.80 bits per heavy atom. The third kappa shape index (κ3) is 4.69. The minimum atomic E-state index is 0.0264. The van der Waals surface area contributed by atoms with Crippen molar-refractivity contribution in [1.82, 2.24) is 4.98 Å². The van der Waals surface area contributed by atoms with Crippen molar-refractivity contribution >= 4 is 56.0 Å². The zero-order valence-electron chi connectivity index (χ0n) is 16.8. The monoisotopic (exact) mass is 452 g/mol. The van der Waals surface area contributed by atoms with Crippen LogP contribution in [-0.4, -0.2) is 17.1 Å². The topological polar surface area (TPSA) is 33.2 Å².